The number of aromatic nitrogens is 1. The fourth-order valence-electron chi connectivity index (χ4n) is 4.74. The number of anilines is 1. The average molecular weight is 587 g/mol. The molecule has 2 amide bonds. The molecule has 1 aromatic heterocycles. The van der Waals surface area contributed by atoms with Gasteiger partial charge in [0.25, 0.3) is 0 Å². The third-order valence-corrected chi connectivity index (χ3v) is 7.05. The van der Waals surface area contributed by atoms with Crippen LogP contribution in [-0.4, -0.2) is 55.9 Å². The van der Waals surface area contributed by atoms with Gasteiger partial charge >= 0.3 is 11.8 Å². The molecule has 0 radical (unpaired) electrons. The average Bonchev–Trinajstić information content (AvgIpc) is 3.04. The molecule has 0 saturated carbocycles. The molecular weight excluding hydrogens is 555 g/mol. The van der Waals surface area contributed by atoms with Gasteiger partial charge < -0.3 is 30.2 Å². The van der Waals surface area contributed by atoms with Gasteiger partial charge in [0.15, 0.2) is 28.8 Å². The molecule has 0 unspecified atom stereocenters. The number of rotatable bonds is 10. The number of carbonyl (C=O) groups is 3. The summed E-state index contributed by atoms with van der Waals surface area (Å²) in [5, 5.41) is 8.52. The molecule has 5 rings (SSSR count). The molecule has 0 spiro atoms. The Morgan fingerprint density at radius 3 is 2.47 bits per heavy atom. The van der Waals surface area contributed by atoms with Crippen LogP contribution < -0.4 is 30.2 Å². The largest absolute Gasteiger partial charge is 0.491 e. The first kappa shape index (κ1) is 29.5. The Hall–Kier alpha value is -5.03. The minimum Gasteiger partial charge on any atom is -0.491 e. The number of benzene rings is 3. The van der Waals surface area contributed by atoms with Crippen molar-refractivity contribution in [3.63, 3.8) is 0 Å². The van der Waals surface area contributed by atoms with Crippen molar-refractivity contribution in [1.29, 1.82) is 0 Å². The zero-order valence-electron chi connectivity index (χ0n) is 23.5. The Morgan fingerprint density at radius 1 is 0.953 bits per heavy atom. The second-order valence-electron chi connectivity index (χ2n) is 9.98. The van der Waals surface area contributed by atoms with E-state index >= 15 is 4.39 Å². The molecule has 1 aliphatic heterocycles. The number of nitrogens with zero attached hydrogens (tertiary/aromatic N) is 1. The van der Waals surface area contributed by atoms with Crippen LogP contribution in [0.4, 0.5) is 10.1 Å². The highest BCUT2D eigenvalue weighted by Gasteiger charge is 2.20. The minimum absolute atomic E-state index is 0.0381. The number of pyridine rings is 1. The number of methoxy groups -OCH3 is 1. The van der Waals surface area contributed by atoms with Crippen molar-refractivity contribution < 1.29 is 33.0 Å². The van der Waals surface area contributed by atoms with Crippen LogP contribution in [0.5, 0.6) is 23.0 Å². The van der Waals surface area contributed by atoms with Crippen LogP contribution in [0.2, 0.25) is 0 Å². The maximum absolute atomic E-state index is 15.0. The molecule has 43 heavy (non-hydrogen) atoms. The standard InChI is InChI=1S/C32H31FN4O6/c1-41-30-28(42-19-20-11-14-34-15-12-20)10-8-23-26(13-16-35-29(23)30)43-27-9-7-22(17-24(27)33)37-32(40)31(39)36-18-25(38)21-5-3-2-4-6-21/h2-10,13,16-17,20,34H,11-12,14-15,18-19H2,1H3,(H,36,39)(H,37,40). The van der Waals surface area contributed by atoms with E-state index < -0.39 is 17.6 Å². The molecule has 2 heterocycles. The molecule has 0 atom stereocenters. The monoisotopic (exact) mass is 586 g/mol. The number of nitrogens with one attached hydrogen (secondary N) is 3. The minimum atomic E-state index is -1.04. The number of halogens is 1. The van der Waals surface area contributed by atoms with Crippen LogP contribution in [0.3, 0.4) is 0 Å². The molecular formula is C32H31FN4O6. The summed E-state index contributed by atoms with van der Waals surface area (Å²) in [7, 11) is 1.54. The summed E-state index contributed by atoms with van der Waals surface area (Å²) in [6.45, 7) is 2.17. The third kappa shape index (κ3) is 7.25. The number of carbonyl (C=O) groups excluding carboxylic acids is 3. The number of Topliss-reactive ketones (excluding diaryl/α,β-unsaturated/α-hetero) is 1. The molecule has 222 valence electrons. The van der Waals surface area contributed by atoms with Gasteiger partial charge in [0.1, 0.15) is 11.3 Å². The quantitative estimate of drug-likeness (QED) is 0.183. The Labute approximate surface area is 247 Å². The highest BCUT2D eigenvalue weighted by molar-refractivity contribution is 6.40. The van der Waals surface area contributed by atoms with E-state index in [0.717, 1.165) is 32.0 Å². The van der Waals surface area contributed by atoms with Gasteiger partial charge in [0, 0.05) is 28.9 Å². The van der Waals surface area contributed by atoms with Crippen LogP contribution >= 0.6 is 0 Å². The summed E-state index contributed by atoms with van der Waals surface area (Å²) in [5.74, 6) is -1.47. The van der Waals surface area contributed by atoms with Crippen LogP contribution in [0.25, 0.3) is 10.9 Å². The first-order valence-electron chi connectivity index (χ1n) is 13.9. The van der Waals surface area contributed by atoms with E-state index in [9.17, 15) is 14.4 Å². The summed E-state index contributed by atoms with van der Waals surface area (Å²) in [4.78, 5) is 41.1. The Bertz CT molecular complexity index is 1630. The van der Waals surface area contributed by atoms with Gasteiger partial charge in [-0.15, -0.1) is 0 Å². The second kappa shape index (κ2) is 13.8. The lowest BCUT2D eigenvalue weighted by Gasteiger charge is -2.23. The maximum atomic E-state index is 15.0. The predicted molar refractivity (Wildman–Crippen MR) is 158 cm³/mol. The van der Waals surface area contributed by atoms with Crippen molar-refractivity contribution in [2.24, 2.45) is 5.92 Å². The molecule has 11 heteroatoms. The fourth-order valence-corrected chi connectivity index (χ4v) is 4.74. The number of ether oxygens (including phenoxy) is 3. The fraction of sp³-hybridized carbons (Fsp3) is 0.250. The van der Waals surface area contributed by atoms with Crippen molar-refractivity contribution >= 4 is 34.2 Å². The van der Waals surface area contributed by atoms with Crippen LogP contribution in [0.15, 0.2) is 72.9 Å². The van der Waals surface area contributed by atoms with E-state index in [2.05, 4.69) is 20.9 Å². The molecule has 10 nitrogen and oxygen atoms in total. The van der Waals surface area contributed by atoms with Gasteiger partial charge in [-0.2, -0.15) is 0 Å². The van der Waals surface area contributed by atoms with E-state index in [1.807, 2.05) is 0 Å². The predicted octanol–water partition coefficient (Wildman–Crippen LogP) is 4.49. The molecule has 3 aromatic carbocycles. The van der Waals surface area contributed by atoms with Crippen LogP contribution in [-0.2, 0) is 9.59 Å². The number of ketones is 1. The first-order chi connectivity index (χ1) is 20.9. The van der Waals surface area contributed by atoms with Crippen molar-refractivity contribution in [2.45, 2.75) is 12.8 Å². The van der Waals surface area contributed by atoms with Crippen molar-refractivity contribution in [3.8, 4) is 23.0 Å². The van der Waals surface area contributed by atoms with Gasteiger partial charge in [0.2, 0.25) is 0 Å². The summed E-state index contributed by atoms with van der Waals surface area (Å²) >= 11 is 0. The van der Waals surface area contributed by atoms with Crippen molar-refractivity contribution in [2.75, 3.05) is 38.7 Å². The number of piperidine rings is 1. The van der Waals surface area contributed by atoms with Crippen LogP contribution in [0, 0.1) is 11.7 Å². The normalized spacial score (nSPS) is 13.3. The SMILES string of the molecule is COc1c(OCC2CCNCC2)ccc2c(Oc3ccc(NC(=O)C(=O)NCC(=O)c4ccccc4)cc3F)ccnc12. The lowest BCUT2D eigenvalue weighted by Crippen LogP contribution is -2.38. The Balaban J connectivity index is 1.23. The number of amides is 2. The molecule has 4 aromatic rings. The molecule has 1 aliphatic rings. The number of hydrogen-bond acceptors (Lipinski definition) is 8. The smallest absolute Gasteiger partial charge is 0.313 e. The molecule has 0 bridgehead atoms. The van der Waals surface area contributed by atoms with Gasteiger partial charge in [-0.05, 0) is 62.2 Å². The lowest BCUT2D eigenvalue weighted by molar-refractivity contribution is -0.136. The van der Waals surface area contributed by atoms with Crippen LogP contribution in [0.1, 0.15) is 23.2 Å². The number of fused-ring (bicyclic) bond motifs is 1. The van der Waals surface area contributed by atoms with E-state index in [1.54, 1.807) is 48.5 Å². The summed E-state index contributed by atoms with van der Waals surface area (Å²) in [6, 6.07) is 17.3. The molecule has 0 aliphatic carbocycles. The third-order valence-electron chi connectivity index (χ3n) is 7.05. The summed E-state index contributed by atoms with van der Waals surface area (Å²) in [6.07, 6.45) is 3.62. The molecule has 1 fully saturated rings. The van der Waals surface area contributed by atoms with E-state index in [1.165, 1.54) is 25.4 Å². The summed E-state index contributed by atoms with van der Waals surface area (Å²) in [5.41, 5.74) is 0.947. The van der Waals surface area contributed by atoms with E-state index in [0.29, 0.717) is 46.2 Å². The van der Waals surface area contributed by atoms with Gasteiger partial charge in [-0.1, -0.05) is 30.3 Å². The van der Waals surface area contributed by atoms with Crippen molar-refractivity contribution in [1.82, 2.24) is 15.6 Å². The first-order valence-corrected chi connectivity index (χ1v) is 13.9. The van der Waals surface area contributed by atoms with Gasteiger partial charge in [-0.25, -0.2) is 4.39 Å². The van der Waals surface area contributed by atoms with Gasteiger partial charge in [0.05, 0.1) is 20.3 Å². The summed E-state index contributed by atoms with van der Waals surface area (Å²) < 4.78 is 32.6. The van der Waals surface area contributed by atoms with E-state index in [4.69, 9.17) is 14.2 Å². The maximum Gasteiger partial charge on any atom is 0.313 e. The zero-order valence-corrected chi connectivity index (χ0v) is 23.5. The van der Waals surface area contributed by atoms with Gasteiger partial charge in [-0.3, -0.25) is 19.4 Å². The molecule has 1 saturated heterocycles. The molecule has 3 N–H and O–H groups in total. The second-order valence-corrected chi connectivity index (χ2v) is 9.98. The topological polar surface area (TPSA) is 128 Å². The lowest BCUT2D eigenvalue weighted by atomic mass is 9.99. The Morgan fingerprint density at radius 2 is 1.72 bits per heavy atom. The van der Waals surface area contributed by atoms with Crippen molar-refractivity contribution in [3.05, 3.63) is 84.3 Å². The Kier molecular flexibility index (Phi) is 9.42. The number of hydrogen-bond donors (Lipinski definition) is 3. The van der Waals surface area contributed by atoms with E-state index in [-0.39, 0.29) is 23.8 Å². The zero-order chi connectivity index (χ0) is 30.2. The highest BCUT2D eigenvalue weighted by Crippen LogP contribution is 2.40. The highest BCUT2D eigenvalue weighted by atomic mass is 19.1.